The average Bonchev–Trinajstić information content (AvgIpc) is 3.36. The van der Waals surface area contributed by atoms with Gasteiger partial charge in [0.1, 0.15) is 5.65 Å². The van der Waals surface area contributed by atoms with Gasteiger partial charge in [-0.25, -0.2) is 0 Å². The molecule has 5 heteroatoms. The van der Waals surface area contributed by atoms with Gasteiger partial charge in [0.2, 0.25) is 0 Å². The molecule has 1 aliphatic rings. The highest BCUT2D eigenvalue weighted by molar-refractivity contribution is 6.09. The van der Waals surface area contributed by atoms with Crippen LogP contribution in [0.15, 0.2) is 77.8 Å². The summed E-state index contributed by atoms with van der Waals surface area (Å²) < 4.78 is 2.26. The number of hydrogen-bond donors (Lipinski definition) is 2. The van der Waals surface area contributed by atoms with E-state index in [9.17, 15) is 0 Å². The van der Waals surface area contributed by atoms with E-state index in [-0.39, 0.29) is 0 Å². The number of nitrogens with zero attached hydrogens (tertiary/aromatic N) is 3. The van der Waals surface area contributed by atoms with E-state index in [0.717, 1.165) is 60.8 Å². The molecule has 38 heavy (non-hydrogen) atoms. The van der Waals surface area contributed by atoms with Gasteiger partial charge in [-0.05, 0) is 62.3 Å². The van der Waals surface area contributed by atoms with Gasteiger partial charge in [0.25, 0.3) is 0 Å². The van der Waals surface area contributed by atoms with Gasteiger partial charge in [0.05, 0.1) is 21.8 Å². The molecular weight excluding hydrogens is 466 g/mol. The van der Waals surface area contributed by atoms with Gasteiger partial charge < -0.3 is 14.9 Å². The van der Waals surface area contributed by atoms with Crippen LogP contribution in [-0.2, 0) is 19.9 Å². The zero-order valence-corrected chi connectivity index (χ0v) is 21.9. The van der Waals surface area contributed by atoms with Crippen LogP contribution in [0, 0.1) is 0 Å². The standard InChI is InChI=1S/C33H33N5/c1-38-29-19-9-5-15-25(29)32(30-22-12-2-6-16-26(22)37-33(30)38)35-21-11-10-20-34-31-23-13-3-7-17-27(23)36-28-18-8-4-14-24(28)31/h2-3,5-7,9,12-13,15-17,19,37H,4,8,10-11,14,18,20-21H2,1H3,(H,34,36). The van der Waals surface area contributed by atoms with E-state index in [4.69, 9.17) is 9.98 Å². The van der Waals surface area contributed by atoms with E-state index < -0.39 is 0 Å². The van der Waals surface area contributed by atoms with Crippen molar-refractivity contribution in [2.75, 3.05) is 18.4 Å². The minimum atomic E-state index is 0.809. The molecule has 3 heterocycles. The third-order valence-electron chi connectivity index (χ3n) is 8.10. The second-order valence-electron chi connectivity index (χ2n) is 10.5. The molecule has 0 atom stereocenters. The number of benzene rings is 3. The van der Waals surface area contributed by atoms with Crippen molar-refractivity contribution < 1.29 is 0 Å². The summed E-state index contributed by atoms with van der Waals surface area (Å²) in [5.41, 5.74) is 8.62. The third-order valence-corrected chi connectivity index (χ3v) is 8.10. The van der Waals surface area contributed by atoms with Crippen LogP contribution in [0.4, 0.5) is 5.69 Å². The van der Waals surface area contributed by atoms with Gasteiger partial charge in [-0.2, -0.15) is 0 Å². The summed E-state index contributed by atoms with van der Waals surface area (Å²) in [6.45, 7) is 1.76. The number of H-pyrrole nitrogens is 1. The minimum absolute atomic E-state index is 0.809. The van der Waals surface area contributed by atoms with E-state index in [1.807, 2.05) is 0 Å². The Morgan fingerprint density at radius 2 is 1.63 bits per heavy atom. The summed E-state index contributed by atoms with van der Waals surface area (Å²) in [4.78, 5) is 13.8. The fraction of sp³-hybridized carbons (Fsp3) is 0.273. The van der Waals surface area contributed by atoms with E-state index in [2.05, 4.69) is 94.7 Å². The van der Waals surface area contributed by atoms with Crippen molar-refractivity contribution >= 4 is 49.4 Å². The highest BCUT2D eigenvalue weighted by Crippen LogP contribution is 2.33. The predicted molar refractivity (Wildman–Crippen MR) is 159 cm³/mol. The lowest BCUT2D eigenvalue weighted by molar-refractivity contribution is 0.671. The number of nitrogens with one attached hydrogen (secondary N) is 2. The molecule has 3 aromatic heterocycles. The van der Waals surface area contributed by atoms with Crippen LogP contribution in [0.5, 0.6) is 0 Å². The van der Waals surface area contributed by atoms with Gasteiger partial charge >= 0.3 is 0 Å². The van der Waals surface area contributed by atoms with Gasteiger partial charge in [0.15, 0.2) is 0 Å². The Bertz CT molecular complexity index is 1870. The van der Waals surface area contributed by atoms with Crippen LogP contribution < -0.4 is 10.7 Å². The van der Waals surface area contributed by atoms with Crippen molar-refractivity contribution in [2.45, 2.75) is 38.5 Å². The van der Waals surface area contributed by atoms with Crippen LogP contribution in [0.25, 0.3) is 43.7 Å². The molecular formula is C33H33N5. The average molecular weight is 500 g/mol. The van der Waals surface area contributed by atoms with Gasteiger partial charge in [-0.15, -0.1) is 0 Å². The topological polar surface area (TPSA) is 58.0 Å². The Morgan fingerprint density at radius 3 is 2.55 bits per heavy atom. The van der Waals surface area contributed by atoms with Crippen molar-refractivity contribution in [3.63, 3.8) is 0 Å². The summed E-state index contributed by atoms with van der Waals surface area (Å²) in [6.07, 6.45) is 6.84. The smallest absolute Gasteiger partial charge is 0.120 e. The molecule has 0 radical (unpaired) electrons. The molecule has 0 unspecified atom stereocenters. The van der Waals surface area contributed by atoms with Crippen molar-refractivity contribution in [1.29, 1.82) is 0 Å². The Morgan fingerprint density at radius 1 is 0.868 bits per heavy atom. The first-order valence-electron chi connectivity index (χ1n) is 13.9. The number of fused-ring (bicyclic) bond motifs is 6. The van der Waals surface area contributed by atoms with Crippen molar-refractivity contribution in [2.24, 2.45) is 12.0 Å². The van der Waals surface area contributed by atoms with Crippen LogP contribution >= 0.6 is 0 Å². The molecule has 0 amide bonds. The number of hydrogen-bond acceptors (Lipinski definition) is 3. The molecule has 5 nitrogen and oxygen atoms in total. The number of para-hydroxylation sites is 3. The normalized spacial score (nSPS) is 14.1. The van der Waals surface area contributed by atoms with E-state index >= 15 is 0 Å². The summed E-state index contributed by atoms with van der Waals surface area (Å²) in [5.74, 6) is 0. The molecule has 1 aliphatic carbocycles. The van der Waals surface area contributed by atoms with Crippen molar-refractivity contribution in [3.8, 4) is 0 Å². The number of aromatic nitrogens is 3. The number of rotatable bonds is 6. The predicted octanol–water partition coefficient (Wildman–Crippen LogP) is 7.03. The largest absolute Gasteiger partial charge is 0.384 e. The monoisotopic (exact) mass is 499 g/mol. The van der Waals surface area contributed by atoms with Crippen LogP contribution in [0.3, 0.4) is 0 Å². The zero-order valence-electron chi connectivity index (χ0n) is 21.9. The molecule has 3 aromatic carbocycles. The van der Waals surface area contributed by atoms with E-state index in [0.29, 0.717) is 0 Å². The number of unbranched alkanes of at least 4 members (excludes halogenated alkanes) is 1. The lowest BCUT2D eigenvalue weighted by Crippen LogP contribution is -2.13. The second kappa shape index (κ2) is 9.64. The molecule has 0 saturated carbocycles. The third kappa shape index (κ3) is 3.85. The Labute approximate surface area is 222 Å². The van der Waals surface area contributed by atoms with E-state index in [1.54, 1.807) is 0 Å². The number of aromatic amines is 1. The lowest BCUT2D eigenvalue weighted by Gasteiger charge is -2.21. The highest BCUT2D eigenvalue weighted by Gasteiger charge is 2.18. The molecule has 190 valence electrons. The summed E-state index contributed by atoms with van der Waals surface area (Å²) >= 11 is 0. The fourth-order valence-electron chi connectivity index (χ4n) is 6.22. The summed E-state index contributed by atoms with van der Waals surface area (Å²) in [6, 6.07) is 25.7. The summed E-state index contributed by atoms with van der Waals surface area (Å²) in [5, 5.41) is 9.83. The Balaban J connectivity index is 1.16. The van der Waals surface area contributed by atoms with Gasteiger partial charge in [0, 0.05) is 53.2 Å². The molecule has 0 fully saturated rings. The number of pyridine rings is 2. The van der Waals surface area contributed by atoms with Crippen LogP contribution in [-0.4, -0.2) is 27.6 Å². The lowest BCUT2D eigenvalue weighted by atomic mass is 9.92. The SMILES string of the molecule is Cn1c2ccccc2c(=NCCCCNc2c3c(nc4ccccc24)CCCC3)c2c3ccccc3[nH]c21. The minimum Gasteiger partial charge on any atom is -0.384 e. The molecule has 0 aliphatic heterocycles. The molecule has 2 N–H and O–H groups in total. The van der Waals surface area contributed by atoms with Crippen LogP contribution in [0.2, 0.25) is 0 Å². The maximum Gasteiger partial charge on any atom is 0.120 e. The maximum atomic E-state index is 5.22. The number of aryl methyl sites for hydroxylation is 2. The molecule has 0 spiro atoms. The first-order chi connectivity index (χ1) is 18.8. The van der Waals surface area contributed by atoms with Crippen molar-refractivity contribution in [3.05, 3.63) is 89.4 Å². The molecule has 7 rings (SSSR count). The molecule has 6 aromatic rings. The number of anilines is 1. The quantitative estimate of drug-likeness (QED) is 0.242. The molecule has 0 bridgehead atoms. The Hall–Kier alpha value is -4.12. The Kier molecular flexibility index (Phi) is 5.84. The second-order valence-corrected chi connectivity index (χ2v) is 10.5. The van der Waals surface area contributed by atoms with Crippen LogP contribution in [0.1, 0.15) is 36.9 Å². The van der Waals surface area contributed by atoms with Gasteiger partial charge in [-0.3, -0.25) is 9.98 Å². The highest BCUT2D eigenvalue weighted by atomic mass is 15.0. The van der Waals surface area contributed by atoms with Gasteiger partial charge in [-0.1, -0.05) is 54.6 Å². The van der Waals surface area contributed by atoms with Crippen molar-refractivity contribution in [1.82, 2.24) is 14.5 Å². The molecule has 0 saturated heterocycles. The van der Waals surface area contributed by atoms with E-state index in [1.165, 1.54) is 56.8 Å². The summed E-state index contributed by atoms with van der Waals surface area (Å²) in [7, 11) is 2.14. The zero-order chi connectivity index (χ0) is 25.5. The maximum absolute atomic E-state index is 5.22. The first-order valence-corrected chi connectivity index (χ1v) is 13.9. The fourth-order valence-corrected chi connectivity index (χ4v) is 6.22. The first kappa shape index (κ1) is 23.0.